The van der Waals surface area contributed by atoms with Crippen LogP contribution in [0.15, 0.2) is 48.5 Å². The van der Waals surface area contributed by atoms with Crippen LogP contribution in [0.3, 0.4) is 0 Å². The van der Waals surface area contributed by atoms with E-state index in [4.69, 9.17) is 18.9 Å². The van der Waals surface area contributed by atoms with E-state index in [9.17, 15) is 13.6 Å². The predicted molar refractivity (Wildman–Crippen MR) is 130 cm³/mol. The van der Waals surface area contributed by atoms with Crippen LogP contribution in [-0.4, -0.2) is 35.3 Å². The van der Waals surface area contributed by atoms with Gasteiger partial charge in [0.25, 0.3) is 0 Å². The number of rotatable bonds is 6. The molecule has 0 radical (unpaired) electrons. The van der Waals surface area contributed by atoms with Crippen LogP contribution in [0.4, 0.5) is 14.5 Å². The first-order valence-corrected chi connectivity index (χ1v) is 11.9. The number of nitrogens with zero attached hydrogens (tertiary/aromatic N) is 2. The van der Waals surface area contributed by atoms with Crippen molar-refractivity contribution in [3.05, 3.63) is 71.3 Å². The highest BCUT2D eigenvalue weighted by atomic mass is 19.2. The number of ether oxygens (including phenoxy) is 4. The number of halogens is 2. The van der Waals surface area contributed by atoms with E-state index < -0.39 is 17.7 Å². The Bertz CT molecular complexity index is 1540. The molecule has 0 unspecified atom stereocenters. The van der Waals surface area contributed by atoms with Crippen LogP contribution >= 0.6 is 0 Å². The maximum absolute atomic E-state index is 14.2. The average molecular weight is 507 g/mol. The Morgan fingerprint density at radius 3 is 2.76 bits per heavy atom. The van der Waals surface area contributed by atoms with Crippen molar-refractivity contribution in [2.45, 2.75) is 26.0 Å². The average Bonchev–Trinajstić information content (AvgIpc) is 3.55. The normalized spacial score (nSPS) is 17.6. The Kier molecular flexibility index (Phi) is 5.58. The summed E-state index contributed by atoms with van der Waals surface area (Å²) in [4.78, 5) is 15.7. The molecule has 37 heavy (non-hydrogen) atoms. The smallest absolute Gasteiger partial charge is 0.303 e. The molecule has 4 aromatic rings. The number of anilines is 1. The van der Waals surface area contributed by atoms with E-state index in [1.165, 1.54) is 6.92 Å². The van der Waals surface area contributed by atoms with Crippen molar-refractivity contribution in [2.75, 3.05) is 25.1 Å². The highest BCUT2D eigenvalue weighted by molar-refractivity contribution is 5.80. The summed E-state index contributed by atoms with van der Waals surface area (Å²) >= 11 is 0. The highest BCUT2D eigenvalue weighted by Crippen LogP contribution is 2.43. The molecule has 1 N–H and O–H groups in total. The number of para-hydroxylation sites is 1. The van der Waals surface area contributed by atoms with Crippen molar-refractivity contribution in [2.24, 2.45) is 0 Å². The fourth-order valence-electron chi connectivity index (χ4n) is 4.80. The second-order valence-electron chi connectivity index (χ2n) is 8.78. The largest absolute Gasteiger partial charge is 0.489 e. The summed E-state index contributed by atoms with van der Waals surface area (Å²) < 4.78 is 52.5. The summed E-state index contributed by atoms with van der Waals surface area (Å²) in [7, 11) is 0. The Labute approximate surface area is 210 Å². The summed E-state index contributed by atoms with van der Waals surface area (Å²) in [5.74, 6) is -1.05. The summed E-state index contributed by atoms with van der Waals surface area (Å²) in [5, 5.41) is 3.47. The van der Waals surface area contributed by atoms with Crippen molar-refractivity contribution in [1.29, 1.82) is 0 Å². The molecule has 10 heteroatoms. The summed E-state index contributed by atoms with van der Waals surface area (Å²) in [6, 6.07) is 13.5. The van der Waals surface area contributed by atoms with E-state index >= 15 is 0 Å². The van der Waals surface area contributed by atoms with Gasteiger partial charge in [-0.05, 0) is 25.1 Å². The van der Waals surface area contributed by atoms with Gasteiger partial charge in [0.15, 0.2) is 17.7 Å². The molecule has 1 aromatic heterocycles. The molecule has 0 saturated heterocycles. The van der Waals surface area contributed by atoms with Gasteiger partial charge < -0.3 is 24.3 Å². The van der Waals surface area contributed by atoms with Crippen LogP contribution in [0.25, 0.3) is 16.7 Å². The number of aromatic nitrogens is 2. The summed E-state index contributed by atoms with van der Waals surface area (Å²) in [5.41, 5.74) is 3.79. The first kappa shape index (κ1) is 23.1. The molecule has 3 heterocycles. The molecule has 0 amide bonds. The first-order valence-electron chi connectivity index (χ1n) is 11.9. The van der Waals surface area contributed by atoms with E-state index in [0.29, 0.717) is 35.9 Å². The molecule has 0 aliphatic carbocycles. The standard InChI is InChI=1S/C27H23F2N3O5/c1-3-34-27-31-20-10-18(28)19(29)11-23(20)32(27)22-6-4-5-16-21(12-36-26(16)22)30-15-7-8-17-24(9-15)35-13-25(17)37-14(2)33/h4-11,21,25,30H,3,12-13H2,1-2H3/t21-,25-/m1/s1. The van der Waals surface area contributed by atoms with Crippen molar-refractivity contribution in [1.82, 2.24) is 9.55 Å². The van der Waals surface area contributed by atoms with Crippen molar-refractivity contribution < 1.29 is 32.5 Å². The van der Waals surface area contributed by atoms with Crippen molar-refractivity contribution in [3.8, 4) is 23.2 Å². The number of imidazole rings is 1. The molecule has 2 aliphatic heterocycles. The molecule has 2 aliphatic rings. The minimum absolute atomic E-state index is 0.182. The van der Waals surface area contributed by atoms with Crippen molar-refractivity contribution in [3.63, 3.8) is 0 Å². The maximum Gasteiger partial charge on any atom is 0.303 e. The van der Waals surface area contributed by atoms with E-state index in [1.54, 1.807) is 4.57 Å². The lowest BCUT2D eigenvalue weighted by atomic mass is 10.1. The number of fused-ring (bicyclic) bond motifs is 3. The number of carbonyl (C=O) groups is 1. The minimum atomic E-state index is -0.975. The van der Waals surface area contributed by atoms with Crippen LogP contribution in [0.5, 0.6) is 17.5 Å². The highest BCUT2D eigenvalue weighted by Gasteiger charge is 2.31. The SMILES string of the molecule is CCOc1nc2cc(F)c(F)cc2n1-c1cccc2c1OC[C@H]2Nc1ccc2c(c1)OC[C@H]2OC(C)=O. The van der Waals surface area contributed by atoms with Crippen molar-refractivity contribution >= 4 is 22.7 Å². The zero-order valence-electron chi connectivity index (χ0n) is 20.1. The molecule has 3 aromatic carbocycles. The second kappa shape index (κ2) is 8.95. The van der Waals surface area contributed by atoms with E-state index in [2.05, 4.69) is 10.3 Å². The monoisotopic (exact) mass is 507 g/mol. The van der Waals surface area contributed by atoms with Crippen LogP contribution in [0.2, 0.25) is 0 Å². The molecule has 6 rings (SSSR count). The van der Waals surface area contributed by atoms with Gasteiger partial charge in [-0.15, -0.1) is 0 Å². The molecule has 0 fully saturated rings. The molecular formula is C27H23F2N3O5. The van der Waals surface area contributed by atoms with E-state index in [0.717, 1.165) is 28.9 Å². The van der Waals surface area contributed by atoms with Crippen LogP contribution < -0.4 is 19.5 Å². The number of hydrogen-bond donors (Lipinski definition) is 1. The van der Waals surface area contributed by atoms with Gasteiger partial charge >= 0.3 is 12.0 Å². The summed E-state index contributed by atoms with van der Waals surface area (Å²) in [6.07, 6.45) is -0.414. The molecule has 8 nitrogen and oxygen atoms in total. The Hall–Kier alpha value is -4.34. The van der Waals surface area contributed by atoms with Crippen LogP contribution in [0, 0.1) is 11.6 Å². The molecule has 190 valence electrons. The third kappa shape index (κ3) is 3.98. The molecular weight excluding hydrogens is 484 g/mol. The van der Waals surface area contributed by atoms with Crippen LogP contribution in [0.1, 0.15) is 37.1 Å². The van der Waals surface area contributed by atoms with Gasteiger partial charge in [0.1, 0.15) is 24.7 Å². The number of carbonyl (C=O) groups excluding carboxylic acids is 1. The van der Waals surface area contributed by atoms with Crippen LogP contribution in [-0.2, 0) is 9.53 Å². The predicted octanol–water partition coefficient (Wildman–Crippen LogP) is 5.24. The third-order valence-corrected chi connectivity index (χ3v) is 6.37. The second-order valence-corrected chi connectivity index (χ2v) is 8.78. The Morgan fingerprint density at radius 1 is 1.11 bits per heavy atom. The fourth-order valence-corrected chi connectivity index (χ4v) is 4.80. The number of hydrogen-bond acceptors (Lipinski definition) is 7. The van der Waals surface area contributed by atoms with E-state index in [-0.39, 0.29) is 30.1 Å². The summed E-state index contributed by atoms with van der Waals surface area (Å²) in [6.45, 7) is 4.14. The zero-order chi connectivity index (χ0) is 25.7. The van der Waals surface area contributed by atoms with Gasteiger partial charge in [0.05, 0.1) is 29.4 Å². The lowest BCUT2D eigenvalue weighted by Gasteiger charge is -2.15. The van der Waals surface area contributed by atoms with Gasteiger partial charge in [-0.3, -0.25) is 9.36 Å². The Balaban J connectivity index is 1.34. The Morgan fingerprint density at radius 2 is 1.95 bits per heavy atom. The van der Waals surface area contributed by atoms with Gasteiger partial charge in [0, 0.05) is 41.9 Å². The number of nitrogens with one attached hydrogen (secondary N) is 1. The molecule has 0 bridgehead atoms. The molecule has 0 spiro atoms. The first-order chi connectivity index (χ1) is 17.9. The maximum atomic E-state index is 14.2. The third-order valence-electron chi connectivity index (χ3n) is 6.37. The lowest BCUT2D eigenvalue weighted by molar-refractivity contribution is -0.147. The van der Waals surface area contributed by atoms with Gasteiger partial charge in [0.2, 0.25) is 0 Å². The molecule has 0 saturated carbocycles. The lowest BCUT2D eigenvalue weighted by Crippen LogP contribution is -2.12. The topological polar surface area (TPSA) is 83.8 Å². The number of esters is 1. The van der Waals surface area contributed by atoms with Gasteiger partial charge in [-0.2, -0.15) is 4.98 Å². The van der Waals surface area contributed by atoms with Gasteiger partial charge in [-0.25, -0.2) is 8.78 Å². The number of benzene rings is 3. The van der Waals surface area contributed by atoms with E-state index in [1.807, 2.05) is 43.3 Å². The fraction of sp³-hybridized carbons (Fsp3) is 0.259. The minimum Gasteiger partial charge on any atom is -0.489 e. The van der Waals surface area contributed by atoms with Gasteiger partial charge in [-0.1, -0.05) is 12.1 Å². The quantitative estimate of drug-likeness (QED) is 0.357. The zero-order valence-corrected chi connectivity index (χ0v) is 20.1. The molecule has 2 atom stereocenters.